The molecule has 1 N–H and O–H groups in total. The largest absolute Gasteiger partial charge is 0.465 e. The van der Waals surface area contributed by atoms with Gasteiger partial charge in [-0.2, -0.15) is 0 Å². The predicted octanol–water partition coefficient (Wildman–Crippen LogP) is 2.41. The van der Waals surface area contributed by atoms with Gasteiger partial charge < -0.3 is 28.2 Å². The molecule has 9 nitrogen and oxygen atoms in total. The molecule has 30 heavy (non-hydrogen) atoms. The molecule has 0 radical (unpaired) electrons. The van der Waals surface area contributed by atoms with Crippen molar-refractivity contribution in [3.63, 3.8) is 0 Å². The summed E-state index contributed by atoms with van der Waals surface area (Å²) < 4.78 is 27.1. The SMILES string of the molecule is CC(=O)OC[C@@H](O)[C@@H](OC(C)=O)[C@@H](OC(C)=O)C(c1ccc(C)o1)c1ccc(C)o1. The third-order valence-electron chi connectivity index (χ3n) is 4.23. The van der Waals surface area contributed by atoms with Crippen LogP contribution in [0.3, 0.4) is 0 Å². The van der Waals surface area contributed by atoms with Crippen LogP contribution in [0.1, 0.15) is 49.7 Å². The number of aryl methyl sites for hydroxylation is 2. The number of ether oxygens (including phenoxy) is 3. The summed E-state index contributed by atoms with van der Waals surface area (Å²) in [5.74, 6) is -0.895. The second-order valence-electron chi connectivity index (χ2n) is 6.89. The van der Waals surface area contributed by atoms with Gasteiger partial charge in [-0.1, -0.05) is 0 Å². The fourth-order valence-corrected chi connectivity index (χ4v) is 3.08. The molecule has 0 amide bonds. The van der Waals surface area contributed by atoms with Crippen LogP contribution in [0.5, 0.6) is 0 Å². The molecule has 2 aromatic rings. The highest BCUT2D eigenvalue weighted by molar-refractivity contribution is 5.68. The Labute approximate surface area is 173 Å². The van der Waals surface area contributed by atoms with Gasteiger partial charge in [0.15, 0.2) is 12.2 Å². The van der Waals surface area contributed by atoms with Gasteiger partial charge >= 0.3 is 17.9 Å². The molecular formula is C21H26O9. The predicted molar refractivity (Wildman–Crippen MR) is 102 cm³/mol. The average Bonchev–Trinajstić information content (AvgIpc) is 3.25. The number of esters is 3. The lowest BCUT2D eigenvalue weighted by atomic mass is 9.90. The van der Waals surface area contributed by atoms with E-state index in [1.165, 1.54) is 13.8 Å². The Morgan fingerprint density at radius 3 is 1.67 bits per heavy atom. The Kier molecular flexibility index (Phi) is 7.82. The van der Waals surface area contributed by atoms with E-state index in [9.17, 15) is 19.5 Å². The van der Waals surface area contributed by atoms with E-state index in [-0.39, 0.29) is 0 Å². The van der Waals surface area contributed by atoms with Gasteiger partial charge in [0.1, 0.15) is 41.7 Å². The average molecular weight is 422 g/mol. The lowest BCUT2D eigenvalue weighted by molar-refractivity contribution is -0.181. The number of aliphatic hydroxyl groups is 1. The van der Waals surface area contributed by atoms with Crippen molar-refractivity contribution >= 4 is 17.9 Å². The number of aliphatic hydroxyl groups excluding tert-OH is 1. The van der Waals surface area contributed by atoms with Crippen molar-refractivity contribution in [1.29, 1.82) is 0 Å². The molecule has 0 saturated carbocycles. The van der Waals surface area contributed by atoms with Gasteiger partial charge in [0.25, 0.3) is 0 Å². The second-order valence-corrected chi connectivity index (χ2v) is 6.89. The van der Waals surface area contributed by atoms with Crippen LogP contribution in [0.15, 0.2) is 33.1 Å². The van der Waals surface area contributed by atoms with E-state index in [4.69, 9.17) is 23.0 Å². The summed E-state index contributed by atoms with van der Waals surface area (Å²) in [6.07, 6.45) is -4.07. The molecule has 0 unspecified atom stereocenters. The van der Waals surface area contributed by atoms with Gasteiger partial charge in [0.2, 0.25) is 0 Å². The van der Waals surface area contributed by atoms with Crippen LogP contribution in [0.2, 0.25) is 0 Å². The molecule has 0 saturated heterocycles. The molecule has 9 heteroatoms. The Hall–Kier alpha value is -3.07. The molecule has 2 rings (SSSR count). The van der Waals surface area contributed by atoms with Crippen LogP contribution >= 0.6 is 0 Å². The molecule has 2 heterocycles. The minimum absolute atomic E-state index is 0.380. The van der Waals surface area contributed by atoms with Crippen LogP contribution in [-0.4, -0.2) is 47.9 Å². The minimum atomic E-state index is -1.48. The Bertz CT molecular complexity index is 838. The molecule has 0 aliphatic heterocycles. The summed E-state index contributed by atoms with van der Waals surface area (Å²) in [6, 6.07) is 6.80. The van der Waals surface area contributed by atoms with Crippen molar-refractivity contribution in [3.8, 4) is 0 Å². The lowest BCUT2D eigenvalue weighted by Crippen LogP contribution is -2.48. The van der Waals surface area contributed by atoms with Crippen LogP contribution < -0.4 is 0 Å². The number of carbonyl (C=O) groups excluding carboxylic acids is 3. The molecule has 0 spiro atoms. The number of rotatable bonds is 9. The van der Waals surface area contributed by atoms with E-state index in [1.54, 1.807) is 38.1 Å². The van der Waals surface area contributed by atoms with Crippen LogP contribution in [0, 0.1) is 13.8 Å². The molecule has 0 bridgehead atoms. The zero-order valence-corrected chi connectivity index (χ0v) is 17.5. The van der Waals surface area contributed by atoms with E-state index >= 15 is 0 Å². The first-order valence-electron chi connectivity index (χ1n) is 9.37. The van der Waals surface area contributed by atoms with E-state index < -0.39 is 48.7 Å². The normalized spacial score (nSPS) is 14.1. The van der Waals surface area contributed by atoms with Crippen molar-refractivity contribution in [1.82, 2.24) is 0 Å². The lowest BCUT2D eigenvalue weighted by Gasteiger charge is -2.33. The van der Waals surface area contributed by atoms with Gasteiger partial charge in [0.05, 0.1) is 0 Å². The van der Waals surface area contributed by atoms with Crippen molar-refractivity contribution < 1.29 is 42.5 Å². The Balaban J connectivity index is 2.54. The maximum absolute atomic E-state index is 11.9. The van der Waals surface area contributed by atoms with Gasteiger partial charge in [-0.15, -0.1) is 0 Å². The second kappa shape index (κ2) is 10.1. The van der Waals surface area contributed by atoms with Gasteiger partial charge in [0, 0.05) is 20.8 Å². The highest BCUT2D eigenvalue weighted by Gasteiger charge is 2.44. The van der Waals surface area contributed by atoms with E-state index in [1.807, 2.05) is 0 Å². The highest BCUT2D eigenvalue weighted by atomic mass is 16.6. The van der Waals surface area contributed by atoms with E-state index in [2.05, 4.69) is 0 Å². The first kappa shape index (κ1) is 23.2. The third kappa shape index (κ3) is 6.21. The zero-order chi connectivity index (χ0) is 22.4. The number of furan rings is 2. The fraction of sp³-hybridized carbons (Fsp3) is 0.476. The smallest absolute Gasteiger partial charge is 0.303 e. The summed E-state index contributed by atoms with van der Waals surface area (Å²) in [5, 5.41) is 10.6. The quantitative estimate of drug-likeness (QED) is 0.479. The molecule has 0 aromatic carbocycles. The monoisotopic (exact) mass is 422 g/mol. The fourth-order valence-electron chi connectivity index (χ4n) is 3.08. The molecule has 2 aromatic heterocycles. The van der Waals surface area contributed by atoms with Crippen molar-refractivity contribution in [2.45, 2.75) is 58.8 Å². The molecular weight excluding hydrogens is 396 g/mol. The number of carbonyl (C=O) groups is 3. The first-order valence-corrected chi connectivity index (χ1v) is 9.37. The maximum Gasteiger partial charge on any atom is 0.303 e. The third-order valence-corrected chi connectivity index (χ3v) is 4.23. The maximum atomic E-state index is 11.9. The summed E-state index contributed by atoms with van der Waals surface area (Å²) in [5.41, 5.74) is 0. The van der Waals surface area contributed by atoms with Gasteiger partial charge in [-0.3, -0.25) is 14.4 Å². The van der Waals surface area contributed by atoms with Gasteiger partial charge in [-0.25, -0.2) is 0 Å². The minimum Gasteiger partial charge on any atom is -0.465 e. The topological polar surface area (TPSA) is 125 Å². The molecule has 3 atom stereocenters. The number of hydrogen-bond acceptors (Lipinski definition) is 9. The Morgan fingerprint density at radius 1 is 0.833 bits per heavy atom. The summed E-state index contributed by atoms with van der Waals surface area (Å²) in [7, 11) is 0. The molecule has 0 fully saturated rings. The van der Waals surface area contributed by atoms with Crippen LogP contribution in [-0.2, 0) is 28.6 Å². The van der Waals surface area contributed by atoms with E-state index in [0.29, 0.717) is 23.0 Å². The van der Waals surface area contributed by atoms with Crippen LogP contribution in [0.25, 0.3) is 0 Å². The molecule has 0 aliphatic rings. The first-order chi connectivity index (χ1) is 14.1. The summed E-state index contributed by atoms with van der Waals surface area (Å²) in [4.78, 5) is 34.8. The van der Waals surface area contributed by atoms with Gasteiger partial charge in [-0.05, 0) is 38.1 Å². The van der Waals surface area contributed by atoms with Crippen molar-refractivity contribution in [2.24, 2.45) is 0 Å². The molecule has 164 valence electrons. The van der Waals surface area contributed by atoms with Crippen molar-refractivity contribution in [3.05, 3.63) is 47.3 Å². The zero-order valence-electron chi connectivity index (χ0n) is 17.5. The number of hydrogen-bond donors (Lipinski definition) is 1. The highest BCUT2D eigenvalue weighted by Crippen LogP contribution is 2.35. The summed E-state index contributed by atoms with van der Waals surface area (Å²) in [6.45, 7) is 6.54. The van der Waals surface area contributed by atoms with Crippen molar-refractivity contribution in [2.75, 3.05) is 6.61 Å². The summed E-state index contributed by atoms with van der Waals surface area (Å²) >= 11 is 0. The Morgan fingerprint density at radius 2 is 1.30 bits per heavy atom. The molecule has 0 aliphatic carbocycles. The van der Waals surface area contributed by atoms with Crippen LogP contribution in [0.4, 0.5) is 0 Å². The van der Waals surface area contributed by atoms with E-state index in [0.717, 1.165) is 6.92 Å². The standard InChI is InChI=1S/C21H26O9/c1-11-6-8-17(27-11)19(18-9-7-12(2)28-18)21(30-15(5)24)20(29-14(4)23)16(25)10-26-13(3)22/h6-9,16,19-21,25H,10H2,1-5H3/t16-,20-,21+/m1/s1.